The van der Waals surface area contributed by atoms with Crippen LogP contribution in [0.15, 0.2) is 40.2 Å². The molecule has 0 saturated carbocycles. The Morgan fingerprint density at radius 3 is 2.86 bits per heavy atom. The third-order valence-electron chi connectivity index (χ3n) is 5.07. The molecule has 28 heavy (non-hydrogen) atoms. The fraction of sp³-hybridized carbons (Fsp3) is 0.333. The Hall–Kier alpha value is -3.43. The first kappa shape index (κ1) is 18.0. The lowest BCUT2D eigenvalue weighted by Crippen LogP contribution is -2.41. The van der Waals surface area contributed by atoms with E-state index in [-0.39, 0.29) is 22.9 Å². The van der Waals surface area contributed by atoms with Crippen LogP contribution in [0.5, 0.6) is 0 Å². The molecule has 1 atom stereocenters. The molecule has 4 heterocycles. The lowest BCUT2D eigenvalue weighted by Gasteiger charge is -2.21. The van der Waals surface area contributed by atoms with Crippen molar-refractivity contribution in [3.63, 3.8) is 0 Å². The van der Waals surface area contributed by atoms with E-state index in [1.807, 2.05) is 4.90 Å². The molecule has 0 radical (unpaired) electrons. The summed E-state index contributed by atoms with van der Waals surface area (Å²) in [5.41, 5.74) is -0.548. The number of hydrogen-bond acceptors (Lipinski definition) is 5. The summed E-state index contributed by atoms with van der Waals surface area (Å²) in [6.45, 7) is 1.03. The van der Waals surface area contributed by atoms with Gasteiger partial charge in [-0.1, -0.05) is 0 Å². The van der Waals surface area contributed by atoms with Crippen LogP contribution in [0.1, 0.15) is 17.0 Å². The molecular weight excluding hydrogens is 367 g/mol. The van der Waals surface area contributed by atoms with Crippen molar-refractivity contribution in [1.29, 1.82) is 0 Å². The second kappa shape index (κ2) is 6.63. The van der Waals surface area contributed by atoms with Crippen LogP contribution in [0.4, 0.5) is 10.2 Å². The van der Waals surface area contributed by atoms with Crippen molar-refractivity contribution >= 4 is 17.2 Å². The maximum atomic E-state index is 13.8. The predicted molar refractivity (Wildman–Crippen MR) is 100 cm³/mol. The third kappa shape index (κ3) is 2.86. The topological polar surface area (TPSA) is 93.6 Å². The minimum absolute atomic E-state index is 0.105. The smallest absolute Gasteiger partial charge is 0.332 e. The van der Waals surface area contributed by atoms with Crippen molar-refractivity contribution in [3.05, 3.63) is 63.1 Å². The lowest BCUT2D eigenvalue weighted by atomic mass is 10.2. The Morgan fingerprint density at radius 1 is 1.29 bits per heavy atom. The Kier molecular flexibility index (Phi) is 4.25. The van der Waals surface area contributed by atoms with E-state index in [0.717, 1.165) is 4.57 Å². The highest BCUT2D eigenvalue weighted by molar-refractivity contribution is 5.92. The Morgan fingerprint density at radius 2 is 2.07 bits per heavy atom. The summed E-state index contributed by atoms with van der Waals surface area (Å²) in [4.78, 5) is 42.6. The molecule has 0 unspecified atom stereocenters. The van der Waals surface area contributed by atoms with Gasteiger partial charge in [-0.3, -0.25) is 23.1 Å². The fourth-order valence-electron chi connectivity index (χ4n) is 3.52. The van der Waals surface area contributed by atoms with Crippen LogP contribution < -0.4 is 21.5 Å². The molecule has 1 amide bonds. The summed E-state index contributed by atoms with van der Waals surface area (Å²) >= 11 is 0. The number of hydrogen-bond donors (Lipinski definition) is 1. The molecule has 0 aliphatic carbocycles. The van der Waals surface area contributed by atoms with Gasteiger partial charge < -0.3 is 10.2 Å². The van der Waals surface area contributed by atoms with E-state index < -0.39 is 17.4 Å². The SMILES string of the molecule is Cn1c(N2CC[C@H](NC(=O)c3ncc4c(F)cccn34)C2)cc(=O)n(C)c1=O. The Balaban J connectivity index is 1.52. The molecule has 10 heteroatoms. The summed E-state index contributed by atoms with van der Waals surface area (Å²) in [5.74, 6) is -0.241. The van der Waals surface area contributed by atoms with Gasteiger partial charge in [0.05, 0.1) is 6.20 Å². The van der Waals surface area contributed by atoms with Crippen LogP contribution in [0.25, 0.3) is 5.52 Å². The first-order valence-electron chi connectivity index (χ1n) is 8.81. The number of carbonyl (C=O) groups is 1. The molecule has 0 bridgehead atoms. The molecule has 0 aromatic carbocycles. The molecule has 1 saturated heterocycles. The van der Waals surface area contributed by atoms with Gasteiger partial charge in [0.15, 0.2) is 0 Å². The number of aromatic nitrogens is 4. The minimum Gasteiger partial charge on any atom is -0.356 e. The Labute approximate surface area is 158 Å². The molecule has 3 aromatic heterocycles. The van der Waals surface area contributed by atoms with Gasteiger partial charge in [0.1, 0.15) is 17.2 Å². The number of halogens is 1. The normalized spacial score (nSPS) is 16.7. The second-order valence-corrected chi connectivity index (χ2v) is 6.84. The van der Waals surface area contributed by atoms with Crippen LogP contribution in [0.3, 0.4) is 0 Å². The van der Waals surface area contributed by atoms with Gasteiger partial charge in [-0.05, 0) is 18.6 Å². The number of fused-ring (bicyclic) bond motifs is 1. The van der Waals surface area contributed by atoms with Gasteiger partial charge in [-0.25, -0.2) is 14.2 Å². The number of nitrogens with one attached hydrogen (secondary N) is 1. The van der Waals surface area contributed by atoms with E-state index in [1.54, 1.807) is 13.2 Å². The summed E-state index contributed by atoms with van der Waals surface area (Å²) in [6.07, 6.45) is 3.55. The Bertz CT molecular complexity index is 1190. The molecule has 9 nitrogen and oxygen atoms in total. The van der Waals surface area contributed by atoms with E-state index in [2.05, 4.69) is 10.3 Å². The zero-order chi connectivity index (χ0) is 20.0. The van der Waals surface area contributed by atoms with Crippen LogP contribution in [-0.4, -0.2) is 43.6 Å². The van der Waals surface area contributed by atoms with E-state index in [1.165, 1.54) is 40.4 Å². The van der Waals surface area contributed by atoms with Crippen molar-refractivity contribution in [3.8, 4) is 0 Å². The van der Waals surface area contributed by atoms with Crippen molar-refractivity contribution in [1.82, 2.24) is 23.8 Å². The lowest BCUT2D eigenvalue weighted by molar-refractivity contribution is 0.0929. The molecule has 1 N–H and O–H groups in total. The number of pyridine rings is 1. The maximum absolute atomic E-state index is 13.8. The third-order valence-corrected chi connectivity index (χ3v) is 5.07. The van der Waals surface area contributed by atoms with Gasteiger partial charge in [0, 0.05) is 45.5 Å². The molecule has 3 aromatic rings. The summed E-state index contributed by atoms with van der Waals surface area (Å²) in [5, 5.41) is 2.90. The zero-order valence-corrected chi connectivity index (χ0v) is 15.4. The number of imidazole rings is 1. The monoisotopic (exact) mass is 386 g/mol. The van der Waals surface area contributed by atoms with Crippen LogP contribution >= 0.6 is 0 Å². The van der Waals surface area contributed by atoms with Gasteiger partial charge >= 0.3 is 5.69 Å². The summed E-state index contributed by atoms with van der Waals surface area (Å²) in [6, 6.07) is 4.04. The highest BCUT2D eigenvalue weighted by Crippen LogP contribution is 2.18. The molecule has 1 aliphatic rings. The van der Waals surface area contributed by atoms with E-state index in [0.29, 0.717) is 25.3 Å². The average molecular weight is 386 g/mol. The molecule has 146 valence electrons. The van der Waals surface area contributed by atoms with E-state index in [9.17, 15) is 18.8 Å². The molecular formula is C18H19FN6O3. The number of amides is 1. The first-order chi connectivity index (χ1) is 13.4. The van der Waals surface area contributed by atoms with Crippen molar-refractivity contribution in [2.45, 2.75) is 12.5 Å². The number of carbonyl (C=O) groups excluding carboxylic acids is 1. The standard InChI is InChI=1S/C18H19FN6O3/c1-22-14(8-15(26)23(2)18(22)28)24-7-5-11(10-24)21-17(27)16-20-9-13-12(19)4-3-6-25(13)16/h3-4,6,8-9,11H,5,7,10H2,1-2H3,(H,21,27)/t11-/m0/s1. The maximum Gasteiger partial charge on any atom is 0.332 e. The zero-order valence-electron chi connectivity index (χ0n) is 15.4. The summed E-state index contributed by atoms with van der Waals surface area (Å²) in [7, 11) is 3.04. The predicted octanol–water partition coefficient (Wildman–Crippen LogP) is -0.121. The fourth-order valence-corrected chi connectivity index (χ4v) is 3.52. The molecule has 4 rings (SSSR count). The first-order valence-corrected chi connectivity index (χ1v) is 8.81. The molecule has 1 aliphatic heterocycles. The van der Waals surface area contributed by atoms with Gasteiger partial charge in [0.25, 0.3) is 11.5 Å². The van der Waals surface area contributed by atoms with Crippen LogP contribution in [0, 0.1) is 5.82 Å². The quantitative estimate of drug-likeness (QED) is 0.677. The van der Waals surface area contributed by atoms with Gasteiger partial charge in [-0.2, -0.15) is 0 Å². The van der Waals surface area contributed by atoms with Gasteiger partial charge in [-0.15, -0.1) is 0 Å². The number of anilines is 1. The summed E-state index contributed by atoms with van der Waals surface area (Å²) < 4.78 is 17.6. The average Bonchev–Trinajstić information content (AvgIpc) is 3.31. The van der Waals surface area contributed by atoms with Crippen LogP contribution in [0.2, 0.25) is 0 Å². The van der Waals surface area contributed by atoms with Crippen molar-refractivity contribution in [2.75, 3.05) is 18.0 Å². The molecule has 1 fully saturated rings. The van der Waals surface area contributed by atoms with Crippen LogP contribution in [-0.2, 0) is 14.1 Å². The van der Waals surface area contributed by atoms with Crippen molar-refractivity contribution < 1.29 is 9.18 Å². The van der Waals surface area contributed by atoms with Gasteiger partial charge in [0.2, 0.25) is 5.82 Å². The highest BCUT2D eigenvalue weighted by atomic mass is 19.1. The number of rotatable bonds is 3. The van der Waals surface area contributed by atoms with Crippen molar-refractivity contribution in [2.24, 2.45) is 14.1 Å². The van der Waals surface area contributed by atoms with E-state index >= 15 is 0 Å². The molecule has 0 spiro atoms. The minimum atomic E-state index is -0.451. The van der Waals surface area contributed by atoms with E-state index in [4.69, 9.17) is 0 Å². The highest BCUT2D eigenvalue weighted by Gasteiger charge is 2.27. The second-order valence-electron chi connectivity index (χ2n) is 6.84. The largest absolute Gasteiger partial charge is 0.356 e. The number of nitrogens with zero attached hydrogens (tertiary/aromatic N) is 5.